The number of rotatable bonds is 3. The molecule has 0 bridgehead atoms. The highest BCUT2D eigenvalue weighted by Gasteiger charge is 2.37. The van der Waals surface area contributed by atoms with Crippen LogP contribution in [0.25, 0.3) is 0 Å². The van der Waals surface area contributed by atoms with Gasteiger partial charge in [0.2, 0.25) is 0 Å². The molecule has 1 heterocycles. The van der Waals surface area contributed by atoms with Crippen LogP contribution in [0.4, 0.5) is 4.79 Å². The van der Waals surface area contributed by atoms with E-state index >= 15 is 0 Å². The number of carbonyl (C=O) groups excluding carboxylic acids is 1. The van der Waals surface area contributed by atoms with Crippen molar-refractivity contribution in [2.45, 2.75) is 78.9 Å². The zero-order valence-electron chi connectivity index (χ0n) is 16.0. The van der Waals surface area contributed by atoms with Gasteiger partial charge in [0.15, 0.2) is 0 Å². The Hall–Kier alpha value is -1.29. The molecule has 134 valence electrons. The van der Waals surface area contributed by atoms with Crippen molar-refractivity contribution in [2.24, 2.45) is 0 Å². The Morgan fingerprint density at radius 3 is 2.13 bits per heavy atom. The van der Waals surface area contributed by atoms with E-state index in [1.54, 1.807) is 11.0 Å². The zero-order chi connectivity index (χ0) is 18.3. The molecule has 0 atom stereocenters. The van der Waals surface area contributed by atoms with Crippen molar-refractivity contribution in [3.63, 3.8) is 0 Å². The molecule has 0 radical (unpaired) electrons. The molecule has 0 aromatic heterocycles. The van der Waals surface area contributed by atoms with Crippen LogP contribution in [0.1, 0.15) is 67.7 Å². The van der Waals surface area contributed by atoms with Crippen LogP contribution in [0, 0.1) is 0 Å². The number of likely N-dealkylation sites (tertiary alicyclic amines) is 1. The van der Waals surface area contributed by atoms with Crippen LogP contribution in [-0.4, -0.2) is 40.4 Å². The average molecular weight is 325 g/mol. The van der Waals surface area contributed by atoms with Gasteiger partial charge in [0.05, 0.1) is 5.60 Å². The SMILES string of the molecule is C=C/C(=C(/C)CC)C1(O)CCN(C(=O)OC(C)(C)C)CC1.CC. The molecule has 1 N–H and O–H groups in total. The number of aliphatic hydroxyl groups is 1. The first-order valence-corrected chi connectivity index (χ1v) is 8.66. The number of nitrogens with zero attached hydrogens (tertiary/aromatic N) is 1. The van der Waals surface area contributed by atoms with E-state index in [4.69, 9.17) is 4.74 Å². The Balaban J connectivity index is 0.00000232. The Kier molecular flexibility index (Phi) is 8.60. The van der Waals surface area contributed by atoms with Crippen molar-refractivity contribution in [2.75, 3.05) is 13.1 Å². The monoisotopic (exact) mass is 325 g/mol. The second-order valence-corrected chi connectivity index (χ2v) is 6.75. The Morgan fingerprint density at radius 2 is 1.78 bits per heavy atom. The molecule has 1 rings (SSSR count). The molecule has 0 spiro atoms. The summed E-state index contributed by atoms with van der Waals surface area (Å²) in [7, 11) is 0. The second kappa shape index (κ2) is 9.11. The molecule has 23 heavy (non-hydrogen) atoms. The number of amides is 1. The van der Waals surface area contributed by atoms with Gasteiger partial charge in [0, 0.05) is 13.1 Å². The Bertz CT molecular complexity index is 424. The van der Waals surface area contributed by atoms with E-state index in [-0.39, 0.29) is 6.09 Å². The topological polar surface area (TPSA) is 49.8 Å². The molecule has 0 aromatic carbocycles. The van der Waals surface area contributed by atoms with Gasteiger partial charge < -0.3 is 14.7 Å². The lowest BCUT2D eigenvalue weighted by Crippen LogP contribution is -2.48. The lowest BCUT2D eigenvalue weighted by molar-refractivity contribution is -0.0122. The maximum Gasteiger partial charge on any atom is 0.410 e. The summed E-state index contributed by atoms with van der Waals surface area (Å²) in [6, 6.07) is 0. The fourth-order valence-electron chi connectivity index (χ4n) is 2.61. The third kappa shape index (κ3) is 6.38. The fraction of sp³-hybridized carbons (Fsp3) is 0.737. The average Bonchev–Trinajstić information content (AvgIpc) is 2.48. The minimum Gasteiger partial charge on any atom is -0.444 e. The van der Waals surface area contributed by atoms with Crippen LogP contribution in [-0.2, 0) is 4.74 Å². The molecule has 4 nitrogen and oxygen atoms in total. The van der Waals surface area contributed by atoms with E-state index in [2.05, 4.69) is 13.5 Å². The van der Waals surface area contributed by atoms with Crippen LogP contribution in [0.2, 0.25) is 0 Å². The van der Waals surface area contributed by atoms with Gasteiger partial charge in [-0.15, -0.1) is 0 Å². The molecule has 0 aliphatic carbocycles. The summed E-state index contributed by atoms with van der Waals surface area (Å²) in [4.78, 5) is 13.7. The Labute approximate surface area is 142 Å². The van der Waals surface area contributed by atoms with Crippen molar-refractivity contribution in [3.05, 3.63) is 23.8 Å². The lowest BCUT2D eigenvalue weighted by atomic mass is 9.81. The fourth-order valence-corrected chi connectivity index (χ4v) is 2.61. The summed E-state index contributed by atoms with van der Waals surface area (Å²) in [6.45, 7) is 18.5. The standard InChI is InChI=1S/C17H29NO3.C2H6/c1-7-13(3)14(8-2)17(20)9-11-18(12-10-17)15(19)21-16(4,5)6;1-2/h8,20H,2,7,9-12H2,1,3-6H3;1-2H3/b14-13+;. The molecule has 1 amide bonds. The number of hydrogen-bond donors (Lipinski definition) is 1. The van der Waals surface area contributed by atoms with Gasteiger partial charge in [-0.2, -0.15) is 0 Å². The summed E-state index contributed by atoms with van der Waals surface area (Å²) < 4.78 is 5.37. The molecule has 0 aromatic rings. The van der Waals surface area contributed by atoms with Gasteiger partial charge in [0.1, 0.15) is 5.60 Å². The first-order chi connectivity index (χ1) is 10.6. The third-order valence-electron chi connectivity index (χ3n) is 3.94. The van der Waals surface area contributed by atoms with Crippen LogP contribution < -0.4 is 0 Å². The van der Waals surface area contributed by atoms with Crippen LogP contribution in [0.5, 0.6) is 0 Å². The van der Waals surface area contributed by atoms with E-state index in [0.717, 1.165) is 17.6 Å². The summed E-state index contributed by atoms with van der Waals surface area (Å²) in [5.74, 6) is 0. The van der Waals surface area contributed by atoms with Crippen LogP contribution in [0.3, 0.4) is 0 Å². The van der Waals surface area contributed by atoms with E-state index in [1.165, 1.54) is 0 Å². The van der Waals surface area contributed by atoms with Gasteiger partial charge in [0.25, 0.3) is 0 Å². The second-order valence-electron chi connectivity index (χ2n) is 6.75. The van der Waals surface area contributed by atoms with Crippen molar-refractivity contribution >= 4 is 6.09 Å². The third-order valence-corrected chi connectivity index (χ3v) is 3.94. The Morgan fingerprint density at radius 1 is 1.30 bits per heavy atom. The molecule has 0 saturated carbocycles. The predicted octanol–water partition coefficient (Wildman–Crippen LogP) is 4.69. The van der Waals surface area contributed by atoms with Gasteiger partial charge in [-0.1, -0.05) is 39.0 Å². The number of piperidine rings is 1. The quantitative estimate of drug-likeness (QED) is 0.766. The van der Waals surface area contributed by atoms with E-state index < -0.39 is 11.2 Å². The maximum atomic E-state index is 12.0. The molecule has 1 fully saturated rings. The minimum absolute atomic E-state index is 0.305. The van der Waals surface area contributed by atoms with Crippen molar-refractivity contribution in [3.8, 4) is 0 Å². The normalized spacial score (nSPS) is 18.3. The summed E-state index contributed by atoms with van der Waals surface area (Å²) in [5.41, 5.74) is 0.697. The highest BCUT2D eigenvalue weighted by Crippen LogP contribution is 2.33. The molecule has 4 heteroatoms. The molecular formula is C19H35NO3. The molecule has 1 aliphatic rings. The largest absolute Gasteiger partial charge is 0.444 e. The first kappa shape index (κ1) is 21.7. The van der Waals surface area contributed by atoms with Gasteiger partial charge >= 0.3 is 6.09 Å². The summed E-state index contributed by atoms with van der Waals surface area (Å²) >= 11 is 0. The molecular weight excluding hydrogens is 290 g/mol. The van der Waals surface area contributed by atoms with E-state index in [0.29, 0.717) is 25.9 Å². The van der Waals surface area contributed by atoms with E-state index in [1.807, 2.05) is 41.5 Å². The van der Waals surface area contributed by atoms with Gasteiger partial charge in [-0.05, 0) is 52.5 Å². The lowest BCUT2D eigenvalue weighted by Gasteiger charge is -2.40. The van der Waals surface area contributed by atoms with Crippen LogP contribution in [0.15, 0.2) is 23.8 Å². The van der Waals surface area contributed by atoms with Crippen molar-refractivity contribution < 1.29 is 14.6 Å². The molecule has 1 saturated heterocycles. The highest BCUT2D eigenvalue weighted by molar-refractivity contribution is 5.68. The first-order valence-electron chi connectivity index (χ1n) is 8.66. The molecule has 0 unspecified atom stereocenters. The number of carbonyl (C=O) groups is 1. The van der Waals surface area contributed by atoms with Crippen molar-refractivity contribution in [1.29, 1.82) is 0 Å². The zero-order valence-corrected chi connectivity index (χ0v) is 16.0. The highest BCUT2D eigenvalue weighted by atomic mass is 16.6. The molecule has 1 aliphatic heterocycles. The minimum atomic E-state index is -0.875. The van der Waals surface area contributed by atoms with Crippen LogP contribution >= 0.6 is 0 Å². The van der Waals surface area contributed by atoms with E-state index in [9.17, 15) is 9.90 Å². The van der Waals surface area contributed by atoms with Crippen molar-refractivity contribution in [1.82, 2.24) is 4.90 Å². The maximum absolute atomic E-state index is 12.0. The van der Waals surface area contributed by atoms with Gasteiger partial charge in [-0.25, -0.2) is 4.79 Å². The number of ether oxygens (including phenoxy) is 1. The number of hydrogen-bond acceptors (Lipinski definition) is 3. The number of allylic oxidation sites excluding steroid dienone is 1. The summed E-state index contributed by atoms with van der Waals surface area (Å²) in [6.07, 6.45) is 3.37. The summed E-state index contributed by atoms with van der Waals surface area (Å²) in [5, 5.41) is 10.9. The smallest absolute Gasteiger partial charge is 0.410 e. The van der Waals surface area contributed by atoms with Gasteiger partial charge in [-0.3, -0.25) is 0 Å². The predicted molar refractivity (Wildman–Crippen MR) is 96.5 cm³/mol.